The Bertz CT molecular complexity index is 673. The van der Waals surface area contributed by atoms with Gasteiger partial charge in [0.25, 0.3) is 0 Å². The predicted molar refractivity (Wildman–Crippen MR) is 94.8 cm³/mol. The normalized spacial score (nSPS) is 18.7. The zero-order valence-corrected chi connectivity index (χ0v) is 15.3. The molecule has 0 aliphatic carbocycles. The highest BCUT2D eigenvalue weighted by Crippen LogP contribution is 2.18. The Labute approximate surface area is 144 Å². The van der Waals surface area contributed by atoms with Gasteiger partial charge in [0, 0.05) is 18.5 Å². The number of urea groups is 1. The van der Waals surface area contributed by atoms with Crippen molar-refractivity contribution in [1.29, 1.82) is 0 Å². The van der Waals surface area contributed by atoms with Gasteiger partial charge in [-0.2, -0.15) is 0 Å². The standard InChI is InChI=1S/C17H26N2O4S/c1-13(2)9-16-11-23-8-7-19(16)17(20)18-15-6-4-5-14(10-15)12-24(3,21)22/h4-6,10,13,16H,7-9,11-12H2,1-3H3,(H,18,20)/t16-/m0/s1. The number of morpholine rings is 1. The van der Waals surface area contributed by atoms with Crippen LogP contribution in [0.2, 0.25) is 0 Å². The fraction of sp³-hybridized carbons (Fsp3) is 0.588. The van der Waals surface area contributed by atoms with Crippen LogP contribution in [0.1, 0.15) is 25.8 Å². The largest absolute Gasteiger partial charge is 0.377 e. The zero-order chi connectivity index (χ0) is 17.7. The van der Waals surface area contributed by atoms with E-state index in [1.54, 1.807) is 24.3 Å². The van der Waals surface area contributed by atoms with Crippen molar-refractivity contribution in [3.63, 3.8) is 0 Å². The smallest absolute Gasteiger partial charge is 0.322 e. The summed E-state index contributed by atoms with van der Waals surface area (Å²) in [4.78, 5) is 14.4. The van der Waals surface area contributed by atoms with Crippen LogP contribution in [-0.2, 0) is 20.3 Å². The highest BCUT2D eigenvalue weighted by atomic mass is 32.2. The van der Waals surface area contributed by atoms with Gasteiger partial charge in [-0.05, 0) is 30.0 Å². The van der Waals surface area contributed by atoms with Gasteiger partial charge in [-0.15, -0.1) is 0 Å². The molecule has 2 rings (SSSR count). The van der Waals surface area contributed by atoms with Crippen LogP contribution in [0.5, 0.6) is 0 Å². The molecule has 0 radical (unpaired) electrons. The Morgan fingerprint density at radius 2 is 2.17 bits per heavy atom. The third-order valence-electron chi connectivity index (χ3n) is 3.84. The van der Waals surface area contributed by atoms with Crippen molar-refractivity contribution < 1.29 is 17.9 Å². The van der Waals surface area contributed by atoms with Gasteiger partial charge in [-0.25, -0.2) is 13.2 Å². The van der Waals surface area contributed by atoms with Crippen LogP contribution in [-0.4, -0.2) is 51.4 Å². The predicted octanol–water partition coefficient (Wildman–Crippen LogP) is 2.51. The van der Waals surface area contributed by atoms with Crippen molar-refractivity contribution in [1.82, 2.24) is 4.90 Å². The number of amides is 2. The van der Waals surface area contributed by atoms with E-state index in [4.69, 9.17) is 4.74 Å². The van der Waals surface area contributed by atoms with Crippen LogP contribution in [0.15, 0.2) is 24.3 Å². The minimum Gasteiger partial charge on any atom is -0.377 e. The molecule has 0 unspecified atom stereocenters. The van der Waals surface area contributed by atoms with E-state index in [0.717, 1.165) is 6.42 Å². The molecule has 1 aromatic rings. The Balaban J connectivity index is 2.06. The summed E-state index contributed by atoms with van der Waals surface area (Å²) in [7, 11) is -3.10. The van der Waals surface area contributed by atoms with Crippen molar-refractivity contribution in [3.8, 4) is 0 Å². The molecule has 0 bridgehead atoms. The first kappa shape index (κ1) is 18.7. The Kier molecular flexibility index (Phi) is 6.23. The van der Waals surface area contributed by atoms with Crippen molar-refractivity contribution >= 4 is 21.6 Å². The SMILES string of the molecule is CC(C)C[C@H]1COCCN1C(=O)Nc1cccc(CS(C)(=O)=O)c1. The number of nitrogens with one attached hydrogen (secondary N) is 1. The summed E-state index contributed by atoms with van der Waals surface area (Å²) in [5.74, 6) is 0.439. The number of hydrogen-bond donors (Lipinski definition) is 1. The third kappa shape index (κ3) is 5.79. The zero-order valence-electron chi connectivity index (χ0n) is 14.5. The monoisotopic (exact) mass is 354 g/mol. The van der Waals surface area contributed by atoms with E-state index in [0.29, 0.717) is 36.9 Å². The number of ether oxygens (including phenoxy) is 1. The molecule has 7 heteroatoms. The molecule has 1 saturated heterocycles. The molecule has 1 heterocycles. The Morgan fingerprint density at radius 3 is 2.83 bits per heavy atom. The van der Waals surface area contributed by atoms with Crippen molar-refractivity contribution in [3.05, 3.63) is 29.8 Å². The molecule has 1 aliphatic heterocycles. The average Bonchev–Trinajstić information content (AvgIpc) is 2.45. The van der Waals surface area contributed by atoms with Gasteiger partial charge in [0.05, 0.1) is 25.0 Å². The van der Waals surface area contributed by atoms with Crippen LogP contribution >= 0.6 is 0 Å². The number of hydrogen-bond acceptors (Lipinski definition) is 4. The van der Waals surface area contributed by atoms with E-state index < -0.39 is 9.84 Å². The lowest BCUT2D eigenvalue weighted by atomic mass is 10.0. The summed E-state index contributed by atoms with van der Waals surface area (Å²) in [6.07, 6.45) is 2.09. The molecule has 2 amide bonds. The molecule has 134 valence electrons. The Hall–Kier alpha value is -1.60. The van der Waals surface area contributed by atoms with Crippen LogP contribution in [0.25, 0.3) is 0 Å². The maximum atomic E-state index is 12.6. The van der Waals surface area contributed by atoms with Gasteiger partial charge in [-0.1, -0.05) is 26.0 Å². The van der Waals surface area contributed by atoms with E-state index in [1.807, 2.05) is 4.90 Å². The molecule has 6 nitrogen and oxygen atoms in total. The first-order chi connectivity index (χ1) is 11.2. The van der Waals surface area contributed by atoms with Crippen LogP contribution in [0, 0.1) is 5.92 Å². The van der Waals surface area contributed by atoms with E-state index in [9.17, 15) is 13.2 Å². The Morgan fingerprint density at radius 1 is 1.42 bits per heavy atom. The number of carbonyl (C=O) groups excluding carboxylic acids is 1. The van der Waals surface area contributed by atoms with Crippen LogP contribution in [0.4, 0.5) is 10.5 Å². The number of carbonyl (C=O) groups is 1. The lowest BCUT2D eigenvalue weighted by molar-refractivity contribution is 0.00857. The van der Waals surface area contributed by atoms with Crippen molar-refractivity contribution in [2.45, 2.75) is 32.1 Å². The minimum atomic E-state index is -3.10. The van der Waals surface area contributed by atoms with E-state index >= 15 is 0 Å². The number of benzene rings is 1. The molecular formula is C17H26N2O4S. The van der Waals surface area contributed by atoms with E-state index in [1.165, 1.54) is 6.26 Å². The molecule has 1 atom stereocenters. The molecule has 0 saturated carbocycles. The molecule has 1 aliphatic rings. The maximum Gasteiger partial charge on any atom is 0.322 e. The fourth-order valence-electron chi connectivity index (χ4n) is 2.90. The van der Waals surface area contributed by atoms with Gasteiger partial charge in [-0.3, -0.25) is 0 Å². The fourth-order valence-corrected chi connectivity index (χ4v) is 3.68. The number of rotatable bonds is 5. The molecule has 1 N–H and O–H groups in total. The summed E-state index contributed by atoms with van der Waals surface area (Å²) in [5.41, 5.74) is 1.27. The average molecular weight is 354 g/mol. The molecule has 1 aromatic carbocycles. The summed E-state index contributed by atoms with van der Waals surface area (Å²) >= 11 is 0. The second-order valence-electron chi connectivity index (χ2n) is 6.75. The van der Waals surface area contributed by atoms with Crippen molar-refractivity contribution in [2.75, 3.05) is 31.3 Å². The molecule has 24 heavy (non-hydrogen) atoms. The van der Waals surface area contributed by atoms with Gasteiger partial charge in [0.2, 0.25) is 0 Å². The summed E-state index contributed by atoms with van der Waals surface area (Å²) in [6, 6.07) is 6.87. The summed E-state index contributed by atoms with van der Waals surface area (Å²) in [5, 5.41) is 2.88. The summed E-state index contributed by atoms with van der Waals surface area (Å²) < 4.78 is 28.3. The second kappa shape index (κ2) is 7.98. The molecule has 0 aromatic heterocycles. The van der Waals surface area contributed by atoms with E-state index in [2.05, 4.69) is 19.2 Å². The second-order valence-corrected chi connectivity index (χ2v) is 8.89. The maximum absolute atomic E-state index is 12.6. The highest BCUT2D eigenvalue weighted by Gasteiger charge is 2.27. The van der Waals surface area contributed by atoms with Crippen LogP contribution < -0.4 is 5.32 Å². The quantitative estimate of drug-likeness (QED) is 0.881. The van der Waals surface area contributed by atoms with Crippen molar-refractivity contribution in [2.24, 2.45) is 5.92 Å². The lowest BCUT2D eigenvalue weighted by Gasteiger charge is -2.36. The van der Waals surface area contributed by atoms with Gasteiger partial charge in [0.15, 0.2) is 9.84 Å². The van der Waals surface area contributed by atoms with Crippen LogP contribution in [0.3, 0.4) is 0 Å². The number of nitrogens with zero attached hydrogens (tertiary/aromatic N) is 1. The highest BCUT2D eigenvalue weighted by molar-refractivity contribution is 7.89. The summed E-state index contributed by atoms with van der Waals surface area (Å²) in [6.45, 7) is 5.90. The first-order valence-electron chi connectivity index (χ1n) is 8.16. The topological polar surface area (TPSA) is 75.7 Å². The number of anilines is 1. The molecule has 1 fully saturated rings. The van der Waals surface area contributed by atoms with Gasteiger partial charge < -0.3 is 15.0 Å². The van der Waals surface area contributed by atoms with Gasteiger partial charge in [0.1, 0.15) is 0 Å². The van der Waals surface area contributed by atoms with Gasteiger partial charge >= 0.3 is 6.03 Å². The third-order valence-corrected chi connectivity index (χ3v) is 4.70. The molecule has 0 spiro atoms. The lowest BCUT2D eigenvalue weighted by Crippen LogP contribution is -2.50. The molecular weight excluding hydrogens is 328 g/mol. The first-order valence-corrected chi connectivity index (χ1v) is 10.2. The number of sulfone groups is 1. The minimum absolute atomic E-state index is 0.0375. The van der Waals surface area contributed by atoms with E-state index in [-0.39, 0.29) is 17.8 Å².